The largest absolute Gasteiger partial charge is 0.342 e. The summed E-state index contributed by atoms with van der Waals surface area (Å²) >= 11 is 3.36. The Labute approximate surface area is 171 Å². The molecule has 0 saturated heterocycles. The highest BCUT2D eigenvalue weighted by atomic mass is 79.9. The van der Waals surface area contributed by atoms with Gasteiger partial charge in [0, 0.05) is 39.2 Å². The predicted octanol–water partition coefficient (Wildman–Crippen LogP) is 5.22. The molecule has 0 aliphatic rings. The SMILES string of the molecule is O=C(N/N=C\c1cn(Cc2ccccc2)c2ccccc12)c1ccc(Br)cc1. The Hall–Kier alpha value is -3.18. The highest BCUT2D eigenvalue weighted by Crippen LogP contribution is 2.21. The Balaban J connectivity index is 1.56. The van der Waals surface area contributed by atoms with Crippen LogP contribution >= 0.6 is 15.9 Å². The molecule has 0 fully saturated rings. The van der Waals surface area contributed by atoms with E-state index in [4.69, 9.17) is 0 Å². The number of halogens is 1. The van der Waals surface area contributed by atoms with Gasteiger partial charge in [-0.1, -0.05) is 64.5 Å². The van der Waals surface area contributed by atoms with Gasteiger partial charge in [-0.25, -0.2) is 5.43 Å². The van der Waals surface area contributed by atoms with Crippen molar-refractivity contribution in [3.8, 4) is 0 Å². The molecule has 1 N–H and O–H groups in total. The number of carbonyl (C=O) groups is 1. The topological polar surface area (TPSA) is 46.4 Å². The summed E-state index contributed by atoms with van der Waals surface area (Å²) in [5.41, 5.74) is 6.48. The van der Waals surface area contributed by atoms with Gasteiger partial charge in [-0.2, -0.15) is 5.10 Å². The minimum Gasteiger partial charge on any atom is -0.342 e. The molecular formula is C23H18BrN3O. The Morgan fingerprint density at radius 2 is 1.68 bits per heavy atom. The molecule has 0 radical (unpaired) electrons. The maximum Gasteiger partial charge on any atom is 0.271 e. The molecule has 0 unspecified atom stereocenters. The van der Waals surface area contributed by atoms with E-state index < -0.39 is 0 Å². The average molecular weight is 432 g/mol. The van der Waals surface area contributed by atoms with Crippen LogP contribution in [-0.2, 0) is 6.54 Å². The number of hydrogen-bond acceptors (Lipinski definition) is 2. The van der Waals surface area contributed by atoms with E-state index in [0.29, 0.717) is 5.56 Å². The summed E-state index contributed by atoms with van der Waals surface area (Å²) in [5.74, 6) is -0.239. The second kappa shape index (κ2) is 8.23. The van der Waals surface area contributed by atoms with Crippen molar-refractivity contribution in [1.82, 2.24) is 9.99 Å². The third-order valence-corrected chi connectivity index (χ3v) is 5.02. The number of aromatic nitrogens is 1. The number of carbonyl (C=O) groups excluding carboxylic acids is 1. The molecule has 4 nitrogen and oxygen atoms in total. The van der Waals surface area contributed by atoms with Crippen LogP contribution in [0.25, 0.3) is 10.9 Å². The van der Waals surface area contributed by atoms with Gasteiger partial charge in [-0.15, -0.1) is 0 Å². The molecule has 3 aromatic carbocycles. The van der Waals surface area contributed by atoms with Gasteiger partial charge in [0.2, 0.25) is 0 Å². The number of fused-ring (bicyclic) bond motifs is 1. The Kier molecular flexibility index (Phi) is 5.35. The van der Waals surface area contributed by atoms with E-state index in [1.165, 1.54) is 5.56 Å². The lowest BCUT2D eigenvalue weighted by Crippen LogP contribution is -2.17. The monoisotopic (exact) mass is 431 g/mol. The van der Waals surface area contributed by atoms with Gasteiger partial charge in [0.1, 0.15) is 0 Å². The van der Waals surface area contributed by atoms with Crippen LogP contribution in [0.3, 0.4) is 0 Å². The van der Waals surface area contributed by atoms with Crippen LogP contribution in [0, 0.1) is 0 Å². The van der Waals surface area contributed by atoms with Crippen LogP contribution in [0.15, 0.2) is 94.6 Å². The minimum atomic E-state index is -0.239. The van der Waals surface area contributed by atoms with Crippen LogP contribution < -0.4 is 5.43 Å². The van der Waals surface area contributed by atoms with E-state index >= 15 is 0 Å². The summed E-state index contributed by atoms with van der Waals surface area (Å²) in [6, 6.07) is 25.7. The second-order valence-corrected chi connectivity index (χ2v) is 7.34. The number of para-hydroxylation sites is 1. The van der Waals surface area contributed by atoms with Crippen LogP contribution in [0.5, 0.6) is 0 Å². The lowest BCUT2D eigenvalue weighted by Gasteiger charge is -2.05. The number of hydrazone groups is 1. The zero-order valence-corrected chi connectivity index (χ0v) is 16.6. The third-order valence-electron chi connectivity index (χ3n) is 4.49. The molecular weight excluding hydrogens is 414 g/mol. The van der Waals surface area contributed by atoms with Crippen LogP contribution in [0.2, 0.25) is 0 Å². The van der Waals surface area contributed by atoms with E-state index in [1.807, 2.05) is 42.5 Å². The molecule has 1 amide bonds. The summed E-state index contributed by atoms with van der Waals surface area (Å²) in [6.07, 6.45) is 3.76. The average Bonchev–Trinajstić information content (AvgIpc) is 3.07. The number of nitrogens with zero attached hydrogens (tertiary/aromatic N) is 2. The summed E-state index contributed by atoms with van der Waals surface area (Å²) in [6.45, 7) is 0.778. The molecule has 0 bridgehead atoms. The number of benzene rings is 3. The Bertz CT molecular complexity index is 1130. The van der Waals surface area contributed by atoms with Gasteiger partial charge in [0.15, 0.2) is 0 Å². The zero-order valence-electron chi connectivity index (χ0n) is 15.0. The van der Waals surface area contributed by atoms with Gasteiger partial charge in [0.05, 0.1) is 6.21 Å². The lowest BCUT2D eigenvalue weighted by atomic mass is 10.2. The molecule has 0 atom stereocenters. The maximum absolute atomic E-state index is 12.2. The van der Waals surface area contributed by atoms with Gasteiger partial charge < -0.3 is 4.57 Å². The summed E-state index contributed by atoms with van der Waals surface area (Å²) in [7, 11) is 0. The van der Waals surface area contributed by atoms with Gasteiger partial charge in [0.25, 0.3) is 5.91 Å². The van der Waals surface area contributed by atoms with Crippen molar-refractivity contribution >= 4 is 39.0 Å². The highest BCUT2D eigenvalue weighted by molar-refractivity contribution is 9.10. The maximum atomic E-state index is 12.2. The minimum absolute atomic E-state index is 0.239. The number of nitrogens with one attached hydrogen (secondary N) is 1. The molecule has 138 valence electrons. The van der Waals surface area contributed by atoms with Gasteiger partial charge in [-0.3, -0.25) is 4.79 Å². The normalized spacial score (nSPS) is 11.2. The van der Waals surface area contributed by atoms with E-state index in [-0.39, 0.29) is 5.91 Å². The van der Waals surface area contributed by atoms with Crippen molar-refractivity contribution in [2.24, 2.45) is 5.10 Å². The molecule has 28 heavy (non-hydrogen) atoms. The first-order valence-corrected chi connectivity index (χ1v) is 9.71. The van der Waals surface area contributed by atoms with Crippen molar-refractivity contribution in [2.45, 2.75) is 6.54 Å². The van der Waals surface area contributed by atoms with Crippen LogP contribution in [-0.4, -0.2) is 16.7 Å². The fourth-order valence-corrected chi connectivity index (χ4v) is 3.38. The first-order valence-electron chi connectivity index (χ1n) is 8.91. The lowest BCUT2D eigenvalue weighted by molar-refractivity contribution is 0.0955. The standard InChI is InChI=1S/C23H18BrN3O/c24-20-12-10-18(11-13-20)23(28)26-25-14-19-16-27(15-17-6-2-1-3-7-17)22-9-5-4-8-21(19)22/h1-14,16H,15H2,(H,26,28)/b25-14-. The third kappa shape index (κ3) is 4.05. The number of hydrogen-bond donors (Lipinski definition) is 1. The van der Waals surface area contributed by atoms with E-state index in [1.54, 1.807) is 18.3 Å². The Morgan fingerprint density at radius 3 is 2.46 bits per heavy atom. The zero-order chi connectivity index (χ0) is 19.3. The van der Waals surface area contributed by atoms with Gasteiger partial charge in [-0.05, 0) is 35.9 Å². The second-order valence-electron chi connectivity index (χ2n) is 6.42. The van der Waals surface area contributed by atoms with Crippen LogP contribution in [0.4, 0.5) is 0 Å². The Morgan fingerprint density at radius 1 is 0.964 bits per heavy atom. The van der Waals surface area contributed by atoms with Crippen LogP contribution in [0.1, 0.15) is 21.5 Å². The molecule has 1 aromatic heterocycles. The van der Waals surface area contributed by atoms with E-state index in [0.717, 1.165) is 27.5 Å². The van der Waals surface area contributed by atoms with Crippen molar-refractivity contribution < 1.29 is 4.79 Å². The first kappa shape index (κ1) is 18.2. The quantitative estimate of drug-likeness (QED) is 0.341. The molecule has 4 rings (SSSR count). The van der Waals surface area contributed by atoms with E-state index in [9.17, 15) is 4.79 Å². The molecule has 4 aromatic rings. The summed E-state index contributed by atoms with van der Waals surface area (Å²) in [4.78, 5) is 12.2. The molecule has 5 heteroatoms. The van der Waals surface area contributed by atoms with Crippen molar-refractivity contribution in [3.05, 3.63) is 106 Å². The fraction of sp³-hybridized carbons (Fsp3) is 0.0435. The fourth-order valence-electron chi connectivity index (χ4n) is 3.12. The molecule has 0 saturated carbocycles. The van der Waals surface area contributed by atoms with Gasteiger partial charge >= 0.3 is 0 Å². The molecule has 0 aliphatic carbocycles. The highest BCUT2D eigenvalue weighted by Gasteiger charge is 2.08. The molecule has 0 spiro atoms. The van der Waals surface area contributed by atoms with Crippen molar-refractivity contribution in [2.75, 3.05) is 0 Å². The molecule has 0 aliphatic heterocycles. The van der Waals surface area contributed by atoms with Crippen molar-refractivity contribution in [1.29, 1.82) is 0 Å². The predicted molar refractivity (Wildman–Crippen MR) is 117 cm³/mol. The van der Waals surface area contributed by atoms with Crippen molar-refractivity contribution in [3.63, 3.8) is 0 Å². The van der Waals surface area contributed by atoms with E-state index in [2.05, 4.69) is 61.5 Å². The number of rotatable bonds is 5. The summed E-state index contributed by atoms with van der Waals surface area (Å²) in [5, 5.41) is 5.26. The number of amides is 1. The smallest absolute Gasteiger partial charge is 0.271 e. The first-order chi connectivity index (χ1) is 13.7. The summed E-state index contributed by atoms with van der Waals surface area (Å²) < 4.78 is 3.13. The molecule has 1 heterocycles.